The maximum atomic E-state index is 12.2. The molecule has 1 aliphatic rings. The van der Waals surface area contributed by atoms with Gasteiger partial charge in [-0.25, -0.2) is 9.78 Å². The summed E-state index contributed by atoms with van der Waals surface area (Å²) < 4.78 is 11.1. The summed E-state index contributed by atoms with van der Waals surface area (Å²) in [5, 5.41) is 0. The van der Waals surface area contributed by atoms with Gasteiger partial charge in [-0.2, -0.15) is 0 Å². The lowest BCUT2D eigenvalue weighted by molar-refractivity contribution is 0.0205. The normalized spacial score (nSPS) is 15.6. The van der Waals surface area contributed by atoms with Gasteiger partial charge in [0, 0.05) is 25.5 Å². The van der Waals surface area contributed by atoms with Crippen molar-refractivity contribution < 1.29 is 14.3 Å². The highest BCUT2D eigenvalue weighted by Crippen LogP contribution is 2.30. The van der Waals surface area contributed by atoms with E-state index in [1.54, 1.807) is 23.5 Å². The maximum Gasteiger partial charge on any atom is 0.410 e. The van der Waals surface area contributed by atoms with Crippen molar-refractivity contribution in [2.75, 3.05) is 13.1 Å². The van der Waals surface area contributed by atoms with Crippen LogP contribution in [0.25, 0.3) is 0 Å². The maximum absolute atomic E-state index is 12.2. The first kappa shape index (κ1) is 18.2. The first-order chi connectivity index (χ1) is 12.4. The van der Waals surface area contributed by atoms with Crippen molar-refractivity contribution in [3.63, 3.8) is 0 Å². The van der Waals surface area contributed by atoms with Crippen LogP contribution in [-0.2, 0) is 4.74 Å². The highest BCUT2D eigenvalue weighted by molar-refractivity contribution is 5.68. The van der Waals surface area contributed by atoms with Gasteiger partial charge >= 0.3 is 6.09 Å². The van der Waals surface area contributed by atoms with Crippen LogP contribution in [0.5, 0.6) is 11.6 Å². The molecule has 1 aromatic heterocycles. The summed E-state index contributed by atoms with van der Waals surface area (Å²) in [5.41, 5.74) is 0.813. The number of piperidine rings is 1. The largest absolute Gasteiger partial charge is 0.444 e. The summed E-state index contributed by atoms with van der Waals surface area (Å²) in [4.78, 5) is 22.0. The number of benzene rings is 1. The molecule has 1 saturated heterocycles. The molecular weight excluding hydrogens is 330 g/mol. The number of carbonyl (C=O) groups excluding carboxylic acids is 1. The summed E-state index contributed by atoms with van der Waals surface area (Å²) in [6.45, 7) is 7.11. The Kier molecular flexibility index (Phi) is 5.40. The van der Waals surface area contributed by atoms with Crippen LogP contribution in [0.1, 0.15) is 45.1 Å². The average molecular weight is 355 g/mol. The molecular formula is C20H25N3O3. The molecule has 1 aliphatic heterocycles. The van der Waals surface area contributed by atoms with Crippen LogP contribution in [0.15, 0.2) is 42.9 Å². The van der Waals surface area contributed by atoms with Gasteiger partial charge < -0.3 is 14.4 Å². The zero-order valence-corrected chi connectivity index (χ0v) is 15.5. The number of ether oxygens (including phenoxy) is 2. The zero-order chi connectivity index (χ0) is 18.6. The molecule has 1 amide bonds. The number of hydrogen-bond acceptors (Lipinski definition) is 5. The fourth-order valence-electron chi connectivity index (χ4n) is 2.99. The Bertz CT molecular complexity index is 718. The molecule has 0 saturated carbocycles. The number of aromatic nitrogens is 2. The Hall–Kier alpha value is -2.63. The standard InChI is InChI=1S/C20H25N3O3/c1-20(2,3)26-19(24)23-12-8-16(9-13-23)15-4-6-17(7-5-15)25-18-14-21-10-11-22-18/h4-7,10-11,14,16H,8-9,12-13H2,1-3H3. The first-order valence-electron chi connectivity index (χ1n) is 8.92. The minimum atomic E-state index is -0.451. The predicted octanol–water partition coefficient (Wildman–Crippen LogP) is 4.38. The minimum Gasteiger partial charge on any atom is -0.444 e. The van der Waals surface area contributed by atoms with E-state index in [1.165, 1.54) is 5.56 Å². The Morgan fingerprint density at radius 2 is 1.81 bits per heavy atom. The van der Waals surface area contributed by atoms with Gasteiger partial charge in [0.1, 0.15) is 11.4 Å². The lowest BCUT2D eigenvalue weighted by Gasteiger charge is -2.33. The fraction of sp³-hybridized carbons (Fsp3) is 0.450. The van der Waals surface area contributed by atoms with Gasteiger partial charge in [-0.3, -0.25) is 4.98 Å². The Morgan fingerprint density at radius 3 is 2.38 bits per heavy atom. The topological polar surface area (TPSA) is 64.5 Å². The molecule has 0 spiro atoms. The number of amides is 1. The second kappa shape index (κ2) is 7.72. The molecule has 2 aromatic rings. The van der Waals surface area contributed by atoms with Crippen molar-refractivity contribution in [2.24, 2.45) is 0 Å². The van der Waals surface area contributed by atoms with E-state index in [-0.39, 0.29) is 6.09 Å². The van der Waals surface area contributed by atoms with Crippen LogP contribution in [0.2, 0.25) is 0 Å². The van der Waals surface area contributed by atoms with Crippen molar-refractivity contribution in [2.45, 2.75) is 45.1 Å². The van der Waals surface area contributed by atoms with Gasteiger partial charge in [0.15, 0.2) is 0 Å². The lowest BCUT2D eigenvalue weighted by atomic mass is 9.89. The number of carbonyl (C=O) groups is 1. The first-order valence-corrected chi connectivity index (χ1v) is 8.92. The quantitative estimate of drug-likeness (QED) is 0.817. The van der Waals surface area contributed by atoms with E-state index in [4.69, 9.17) is 9.47 Å². The molecule has 0 radical (unpaired) electrons. The van der Waals surface area contributed by atoms with Crippen molar-refractivity contribution in [1.29, 1.82) is 0 Å². The molecule has 1 aromatic carbocycles. The minimum absolute atomic E-state index is 0.219. The van der Waals surface area contributed by atoms with E-state index in [2.05, 4.69) is 22.1 Å². The smallest absolute Gasteiger partial charge is 0.410 e. The van der Waals surface area contributed by atoms with Crippen molar-refractivity contribution in [1.82, 2.24) is 14.9 Å². The average Bonchev–Trinajstić information content (AvgIpc) is 2.62. The highest BCUT2D eigenvalue weighted by Gasteiger charge is 2.27. The molecule has 0 atom stereocenters. The summed E-state index contributed by atoms with van der Waals surface area (Å²) in [7, 11) is 0. The van der Waals surface area contributed by atoms with Gasteiger partial charge in [-0.1, -0.05) is 12.1 Å². The second-order valence-corrected chi connectivity index (χ2v) is 7.46. The Morgan fingerprint density at radius 1 is 1.12 bits per heavy atom. The molecule has 0 aliphatic carbocycles. The summed E-state index contributed by atoms with van der Waals surface area (Å²) in [5.74, 6) is 1.66. The van der Waals surface area contributed by atoms with Gasteiger partial charge in [-0.05, 0) is 57.2 Å². The van der Waals surface area contributed by atoms with Crippen molar-refractivity contribution >= 4 is 6.09 Å². The lowest BCUT2D eigenvalue weighted by Crippen LogP contribution is -2.41. The summed E-state index contributed by atoms with van der Waals surface area (Å²) in [6.07, 6.45) is 6.44. The third-order valence-electron chi connectivity index (χ3n) is 4.26. The fourth-order valence-corrected chi connectivity index (χ4v) is 2.99. The van der Waals surface area contributed by atoms with E-state index in [0.717, 1.165) is 31.7 Å². The highest BCUT2D eigenvalue weighted by atomic mass is 16.6. The molecule has 2 heterocycles. The number of nitrogens with zero attached hydrogens (tertiary/aromatic N) is 3. The van der Waals surface area contributed by atoms with Gasteiger partial charge in [0.2, 0.25) is 5.88 Å². The van der Waals surface area contributed by atoms with E-state index in [0.29, 0.717) is 11.8 Å². The van der Waals surface area contributed by atoms with Crippen LogP contribution in [-0.4, -0.2) is 39.7 Å². The molecule has 26 heavy (non-hydrogen) atoms. The van der Waals surface area contributed by atoms with Gasteiger partial charge in [0.25, 0.3) is 0 Å². The zero-order valence-electron chi connectivity index (χ0n) is 15.5. The third kappa shape index (κ3) is 4.94. The van der Waals surface area contributed by atoms with Gasteiger partial charge in [0.05, 0.1) is 6.20 Å². The van der Waals surface area contributed by atoms with Crippen LogP contribution >= 0.6 is 0 Å². The molecule has 0 bridgehead atoms. The van der Waals surface area contributed by atoms with E-state index in [1.807, 2.05) is 32.9 Å². The summed E-state index contributed by atoms with van der Waals surface area (Å²) >= 11 is 0. The Labute approximate surface area is 154 Å². The molecule has 0 N–H and O–H groups in total. The van der Waals surface area contributed by atoms with Crippen LogP contribution in [0.3, 0.4) is 0 Å². The van der Waals surface area contributed by atoms with Crippen LogP contribution in [0.4, 0.5) is 4.79 Å². The molecule has 6 nitrogen and oxygen atoms in total. The second-order valence-electron chi connectivity index (χ2n) is 7.46. The van der Waals surface area contributed by atoms with E-state index in [9.17, 15) is 4.79 Å². The van der Waals surface area contributed by atoms with E-state index >= 15 is 0 Å². The molecule has 6 heteroatoms. The van der Waals surface area contributed by atoms with Crippen LogP contribution in [0, 0.1) is 0 Å². The summed E-state index contributed by atoms with van der Waals surface area (Å²) in [6, 6.07) is 8.06. The molecule has 1 fully saturated rings. The number of rotatable bonds is 3. The van der Waals surface area contributed by atoms with Crippen molar-refractivity contribution in [3.05, 3.63) is 48.4 Å². The molecule has 0 unspecified atom stereocenters. The monoisotopic (exact) mass is 355 g/mol. The third-order valence-corrected chi connectivity index (χ3v) is 4.26. The van der Waals surface area contributed by atoms with E-state index < -0.39 is 5.60 Å². The SMILES string of the molecule is CC(C)(C)OC(=O)N1CCC(c2ccc(Oc3cnccn3)cc2)CC1. The van der Waals surface area contributed by atoms with Crippen molar-refractivity contribution in [3.8, 4) is 11.6 Å². The van der Waals surface area contributed by atoms with Crippen LogP contribution < -0.4 is 4.74 Å². The molecule has 138 valence electrons. The Balaban J connectivity index is 1.54. The predicted molar refractivity (Wildman–Crippen MR) is 98.3 cm³/mol. The number of hydrogen-bond donors (Lipinski definition) is 0. The van der Waals surface area contributed by atoms with Gasteiger partial charge in [-0.15, -0.1) is 0 Å². The molecule has 3 rings (SSSR count). The number of likely N-dealkylation sites (tertiary alicyclic amines) is 1.